The molecular formula is C9H8BrClN2OS. The van der Waals surface area contributed by atoms with Gasteiger partial charge in [-0.2, -0.15) is 5.10 Å². The van der Waals surface area contributed by atoms with Gasteiger partial charge in [-0.15, -0.1) is 11.3 Å². The molecule has 0 radical (unpaired) electrons. The summed E-state index contributed by atoms with van der Waals surface area (Å²) in [4.78, 5) is 0.783. The molecule has 15 heavy (non-hydrogen) atoms. The summed E-state index contributed by atoms with van der Waals surface area (Å²) in [5, 5.41) is 14.1. The maximum Gasteiger partial charge on any atom is 0.132 e. The third-order valence-corrected chi connectivity index (χ3v) is 4.48. The van der Waals surface area contributed by atoms with Crippen molar-refractivity contribution in [3.63, 3.8) is 0 Å². The van der Waals surface area contributed by atoms with Gasteiger partial charge in [0, 0.05) is 22.6 Å². The van der Waals surface area contributed by atoms with E-state index >= 15 is 0 Å². The summed E-state index contributed by atoms with van der Waals surface area (Å²) in [6.45, 7) is 0. The van der Waals surface area contributed by atoms with E-state index < -0.39 is 6.10 Å². The van der Waals surface area contributed by atoms with Gasteiger partial charge in [0.05, 0.1) is 5.69 Å². The summed E-state index contributed by atoms with van der Waals surface area (Å²) >= 11 is 10.6. The predicted molar refractivity (Wildman–Crippen MR) is 64.3 cm³/mol. The summed E-state index contributed by atoms with van der Waals surface area (Å²) in [7, 11) is 1.81. The van der Waals surface area contributed by atoms with Crippen molar-refractivity contribution >= 4 is 38.9 Å². The van der Waals surface area contributed by atoms with Crippen LogP contribution in [-0.2, 0) is 7.05 Å². The molecule has 0 aliphatic rings. The Morgan fingerprint density at radius 1 is 1.67 bits per heavy atom. The molecule has 2 rings (SSSR count). The highest BCUT2D eigenvalue weighted by Crippen LogP contribution is 2.36. The summed E-state index contributed by atoms with van der Waals surface area (Å²) in [6, 6.07) is 3.60. The normalized spacial score (nSPS) is 13.1. The average Bonchev–Trinajstić information content (AvgIpc) is 2.74. The number of halogens is 2. The zero-order valence-corrected chi connectivity index (χ0v) is 11.0. The van der Waals surface area contributed by atoms with Crippen LogP contribution < -0.4 is 0 Å². The Morgan fingerprint density at radius 2 is 2.40 bits per heavy atom. The summed E-state index contributed by atoms with van der Waals surface area (Å²) in [6.07, 6.45) is 1.09. The first-order chi connectivity index (χ1) is 7.08. The number of thiophene rings is 1. The second-order valence-electron chi connectivity index (χ2n) is 3.09. The maximum atomic E-state index is 10.00. The fourth-order valence-electron chi connectivity index (χ4n) is 1.22. The van der Waals surface area contributed by atoms with Gasteiger partial charge in [0.15, 0.2) is 0 Å². The molecule has 2 heterocycles. The molecule has 0 saturated carbocycles. The van der Waals surface area contributed by atoms with Crippen LogP contribution in [0, 0.1) is 0 Å². The number of hydrogen-bond acceptors (Lipinski definition) is 3. The average molecular weight is 308 g/mol. The van der Waals surface area contributed by atoms with Crippen molar-refractivity contribution in [2.75, 3.05) is 0 Å². The van der Waals surface area contributed by atoms with Gasteiger partial charge in [0.1, 0.15) is 10.4 Å². The molecule has 1 atom stereocenters. The Balaban J connectivity index is 2.31. The minimum absolute atomic E-state index is 0.628. The second kappa shape index (κ2) is 4.25. The molecule has 2 aromatic rings. The van der Waals surface area contributed by atoms with Crippen LogP contribution in [0.1, 0.15) is 16.7 Å². The van der Waals surface area contributed by atoms with E-state index in [4.69, 9.17) is 11.6 Å². The quantitative estimate of drug-likeness (QED) is 0.926. The van der Waals surface area contributed by atoms with Crippen LogP contribution in [0.25, 0.3) is 0 Å². The van der Waals surface area contributed by atoms with Gasteiger partial charge in [0.2, 0.25) is 0 Å². The fraction of sp³-hybridized carbons (Fsp3) is 0.222. The largest absolute Gasteiger partial charge is 0.381 e. The number of aliphatic hydroxyl groups excluding tert-OH is 1. The molecule has 6 heteroatoms. The zero-order chi connectivity index (χ0) is 11.0. The number of aliphatic hydroxyl groups is 1. The first-order valence-corrected chi connectivity index (χ1v) is 6.19. The second-order valence-corrected chi connectivity index (χ2v) is 5.63. The van der Waals surface area contributed by atoms with Crippen LogP contribution in [-0.4, -0.2) is 14.9 Å². The Bertz CT molecular complexity index is 463. The van der Waals surface area contributed by atoms with Crippen molar-refractivity contribution < 1.29 is 5.11 Å². The van der Waals surface area contributed by atoms with Crippen LogP contribution in [0.4, 0.5) is 0 Å². The first-order valence-electron chi connectivity index (χ1n) is 4.20. The van der Waals surface area contributed by atoms with Gasteiger partial charge >= 0.3 is 0 Å². The molecule has 0 bridgehead atoms. The molecule has 80 valence electrons. The molecular weight excluding hydrogens is 300 g/mol. The van der Waals surface area contributed by atoms with Crippen molar-refractivity contribution in [1.29, 1.82) is 0 Å². The van der Waals surface area contributed by atoms with Crippen molar-refractivity contribution in [2.24, 2.45) is 7.05 Å². The molecule has 0 aliphatic carbocycles. The Labute approximate surface area is 104 Å². The molecule has 2 aromatic heterocycles. The lowest BCUT2D eigenvalue weighted by atomic mass is 10.2. The van der Waals surface area contributed by atoms with Crippen molar-refractivity contribution in [1.82, 2.24) is 9.78 Å². The van der Waals surface area contributed by atoms with E-state index in [2.05, 4.69) is 21.0 Å². The summed E-state index contributed by atoms with van der Waals surface area (Å²) < 4.78 is 3.10. The molecule has 0 aromatic carbocycles. The van der Waals surface area contributed by atoms with E-state index in [1.165, 1.54) is 11.3 Å². The van der Waals surface area contributed by atoms with Crippen molar-refractivity contribution in [3.05, 3.63) is 37.7 Å². The highest BCUT2D eigenvalue weighted by molar-refractivity contribution is 9.10. The van der Waals surface area contributed by atoms with Crippen LogP contribution in [0.15, 0.2) is 22.8 Å². The van der Waals surface area contributed by atoms with Gasteiger partial charge in [-0.1, -0.05) is 11.6 Å². The molecule has 0 saturated heterocycles. The van der Waals surface area contributed by atoms with Crippen LogP contribution >= 0.6 is 38.9 Å². The fourth-order valence-corrected chi connectivity index (χ4v) is 2.96. The summed E-state index contributed by atoms with van der Waals surface area (Å²) in [5.74, 6) is 0. The first kappa shape index (κ1) is 11.1. The van der Waals surface area contributed by atoms with E-state index in [-0.39, 0.29) is 0 Å². The van der Waals surface area contributed by atoms with E-state index in [0.717, 1.165) is 9.35 Å². The van der Waals surface area contributed by atoms with Crippen molar-refractivity contribution in [2.45, 2.75) is 6.10 Å². The van der Waals surface area contributed by atoms with E-state index in [1.54, 1.807) is 16.9 Å². The number of hydrogen-bond donors (Lipinski definition) is 1. The van der Waals surface area contributed by atoms with Crippen LogP contribution in [0.3, 0.4) is 0 Å². The van der Waals surface area contributed by atoms with Crippen molar-refractivity contribution in [3.8, 4) is 0 Å². The summed E-state index contributed by atoms with van der Waals surface area (Å²) in [5.41, 5.74) is 0.628. The molecule has 3 nitrogen and oxygen atoms in total. The highest BCUT2D eigenvalue weighted by atomic mass is 79.9. The topological polar surface area (TPSA) is 38.0 Å². The minimum atomic E-state index is -0.708. The molecule has 0 spiro atoms. The Kier molecular flexibility index (Phi) is 3.16. The maximum absolute atomic E-state index is 10.00. The lowest BCUT2D eigenvalue weighted by Crippen LogP contribution is -1.99. The standard InChI is InChI=1S/C9H8BrClN2OS/c1-13-3-2-6(12-13)8(14)7-4-5(10)9(11)15-7/h2-4,8,14H,1H3. The molecule has 0 fully saturated rings. The van der Waals surface area contributed by atoms with Gasteiger partial charge in [-0.25, -0.2) is 0 Å². The number of rotatable bonds is 2. The SMILES string of the molecule is Cn1ccc(C(O)c2cc(Br)c(Cl)s2)n1. The molecule has 1 unspecified atom stereocenters. The van der Waals surface area contributed by atoms with Gasteiger partial charge in [-0.3, -0.25) is 4.68 Å². The third kappa shape index (κ3) is 2.25. The van der Waals surface area contributed by atoms with Gasteiger partial charge in [-0.05, 0) is 28.1 Å². The zero-order valence-electron chi connectivity index (χ0n) is 7.82. The predicted octanol–water partition coefficient (Wildman–Crippen LogP) is 2.98. The number of aromatic nitrogens is 2. The molecule has 1 N–H and O–H groups in total. The highest BCUT2D eigenvalue weighted by Gasteiger charge is 2.17. The Morgan fingerprint density at radius 3 is 2.87 bits per heavy atom. The van der Waals surface area contributed by atoms with Crippen LogP contribution in [0.5, 0.6) is 0 Å². The lowest BCUT2D eigenvalue weighted by Gasteiger charge is -2.03. The Hall–Kier alpha value is -0.360. The van der Waals surface area contributed by atoms with Crippen LogP contribution in [0.2, 0.25) is 4.34 Å². The lowest BCUT2D eigenvalue weighted by molar-refractivity contribution is 0.218. The van der Waals surface area contributed by atoms with Gasteiger partial charge < -0.3 is 5.11 Å². The smallest absolute Gasteiger partial charge is 0.132 e. The van der Waals surface area contributed by atoms with E-state index in [9.17, 15) is 5.11 Å². The minimum Gasteiger partial charge on any atom is -0.381 e. The van der Waals surface area contributed by atoms with E-state index in [1.807, 2.05) is 13.1 Å². The molecule has 0 aliphatic heterocycles. The number of aryl methyl sites for hydroxylation is 1. The van der Waals surface area contributed by atoms with E-state index in [0.29, 0.717) is 10.0 Å². The number of nitrogens with zero attached hydrogens (tertiary/aromatic N) is 2. The van der Waals surface area contributed by atoms with Gasteiger partial charge in [0.25, 0.3) is 0 Å². The monoisotopic (exact) mass is 306 g/mol. The molecule has 0 amide bonds. The third-order valence-electron chi connectivity index (χ3n) is 1.95.